The van der Waals surface area contributed by atoms with Gasteiger partial charge in [-0.3, -0.25) is 0 Å². The molecule has 0 bridgehead atoms. The van der Waals surface area contributed by atoms with Gasteiger partial charge >= 0.3 is 0 Å². The summed E-state index contributed by atoms with van der Waals surface area (Å²) >= 11 is 0. The van der Waals surface area contributed by atoms with Gasteiger partial charge in [0.1, 0.15) is 0 Å². The first-order valence-corrected chi connectivity index (χ1v) is 4.96. The Bertz CT molecular complexity index is 298. The van der Waals surface area contributed by atoms with Crippen LogP contribution in [0.1, 0.15) is 35.6 Å². The first-order chi connectivity index (χ1) is 6.27. The second kappa shape index (κ2) is 3.51. The number of benzene rings is 1. The van der Waals surface area contributed by atoms with Gasteiger partial charge in [-0.25, -0.2) is 0 Å². The van der Waals surface area contributed by atoms with Crippen LogP contribution in [-0.2, 0) is 4.74 Å². The Balaban J connectivity index is 2.29. The first-order valence-electron chi connectivity index (χ1n) is 4.96. The van der Waals surface area contributed by atoms with Gasteiger partial charge in [-0.1, -0.05) is 23.8 Å². The highest BCUT2D eigenvalue weighted by Crippen LogP contribution is 2.30. The normalized spacial score (nSPS) is 22.2. The van der Waals surface area contributed by atoms with Crippen LogP contribution < -0.4 is 0 Å². The quantitative estimate of drug-likeness (QED) is 0.638. The van der Waals surface area contributed by atoms with E-state index >= 15 is 0 Å². The van der Waals surface area contributed by atoms with E-state index in [0.717, 1.165) is 6.61 Å². The molecule has 0 aliphatic carbocycles. The molecule has 0 spiro atoms. The molecule has 1 atom stereocenters. The Hall–Kier alpha value is -0.820. The topological polar surface area (TPSA) is 9.23 Å². The fourth-order valence-corrected chi connectivity index (χ4v) is 2.01. The SMILES string of the molecule is Cc1ccc(C2CCCO2)c(C)c1. The maximum absolute atomic E-state index is 5.66. The smallest absolute Gasteiger partial charge is 0.0828 e. The summed E-state index contributed by atoms with van der Waals surface area (Å²) in [6, 6.07) is 6.61. The summed E-state index contributed by atoms with van der Waals surface area (Å²) in [5.74, 6) is 0. The van der Waals surface area contributed by atoms with Crippen molar-refractivity contribution in [2.75, 3.05) is 6.61 Å². The fraction of sp³-hybridized carbons (Fsp3) is 0.500. The summed E-state index contributed by atoms with van der Waals surface area (Å²) in [5, 5.41) is 0. The molecule has 0 saturated carbocycles. The molecule has 1 aromatic rings. The number of hydrogen-bond donors (Lipinski definition) is 0. The van der Waals surface area contributed by atoms with E-state index in [4.69, 9.17) is 4.74 Å². The van der Waals surface area contributed by atoms with Gasteiger partial charge in [0.05, 0.1) is 6.10 Å². The van der Waals surface area contributed by atoms with Gasteiger partial charge in [0, 0.05) is 6.61 Å². The fourth-order valence-electron chi connectivity index (χ4n) is 2.01. The zero-order chi connectivity index (χ0) is 9.26. The Labute approximate surface area is 79.7 Å². The predicted octanol–water partition coefficient (Wildman–Crippen LogP) is 3.15. The number of rotatable bonds is 1. The Morgan fingerprint density at radius 3 is 2.77 bits per heavy atom. The molecule has 13 heavy (non-hydrogen) atoms. The average Bonchev–Trinajstić information content (AvgIpc) is 2.56. The first kappa shape index (κ1) is 8.76. The minimum absolute atomic E-state index is 0.362. The molecule has 70 valence electrons. The minimum Gasteiger partial charge on any atom is -0.374 e. The van der Waals surface area contributed by atoms with Crippen molar-refractivity contribution in [2.24, 2.45) is 0 Å². The average molecular weight is 176 g/mol. The van der Waals surface area contributed by atoms with E-state index in [0.29, 0.717) is 6.10 Å². The molecule has 0 amide bonds. The highest BCUT2D eigenvalue weighted by Gasteiger charge is 2.18. The molecule has 2 rings (SSSR count). The lowest BCUT2D eigenvalue weighted by molar-refractivity contribution is 0.111. The summed E-state index contributed by atoms with van der Waals surface area (Å²) < 4.78 is 5.66. The summed E-state index contributed by atoms with van der Waals surface area (Å²) in [6.07, 6.45) is 2.75. The second-order valence-electron chi connectivity index (χ2n) is 3.86. The third-order valence-corrected chi connectivity index (χ3v) is 2.70. The number of ether oxygens (including phenoxy) is 1. The van der Waals surface area contributed by atoms with Gasteiger partial charge in [-0.2, -0.15) is 0 Å². The third-order valence-electron chi connectivity index (χ3n) is 2.70. The Kier molecular flexibility index (Phi) is 2.36. The zero-order valence-electron chi connectivity index (χ0n) is 8.34. The van der Waals surface area contributed by atoms with Crippen molar-refractivity contribution in [2.45, 2.75) is 32.8 Å². The molecule has 1 fully saturated rings. The maximum atomic E-state index is 5.66. The number of hydrogen-bond acceptors (Lipinski definition) is 1. The van der Waals surface area contributed by atoms with Crippen LogP contribution in [-0.4, -0.2) is 6.61 Å². The number of aryl methyl sites for hydroxylation is 2. The van der Waals surface area contributed by atoms with E-state index in [1.54, 1.807) is 0 Å². The standard InChI is InChI=1S/C12H16O/c1-9-5-6-11(10(2)8-9)12-4-3-7-13-12/h5-6,8,12H,3-4,7H2,1-2H3. The maximum Gasteiger partial charge on any atom is 0.0828 e. The lowest BCUT2D eigenvalue weighted by Gasteiger charge is -2.13. The summed E-state index contributed by atoms with van der Waals surface area (Å²) in [6.45, 7) is 5.23. The van der Waals surface area contributed by atoms with E-state index in [2.05, 4.69) is 32.0 Å². The van der Waals surface area contributed by atoms with Crippen molar-refractivity contribution in [1.82, 2.24) is 0 Å². The van der Waals surface area contributed by atoms with Gasteiger partial charge in [0.2, 0.25) is 0 Å². The molecule has 0 N–H and O–H groups in total. The van der Waals surface area contributed by atoms with Crippen molar-refractivity contribution >= 4 is 0 Å². The second-order valence-corrected chi connectivity index (χ2v) is 3.86. The third kappa shape index (κ3) is 1.75. The molecule has 1 aromatic carbocycles. The zero-order valence-corrected chi connectivity index (χ0v) is 8.34. The Morgan fingerprint density at radius 2 is 2.15 bits per heavy atom. The molecule has 1 aliphatic rings. The lowest BCUT2D eigenvalue weighted by atomic mass is 9.99. The van der Waals surface area contributed by atoms with Gasteiger partial charge in [-0.15, -0.1) is 0 Å². The molecule has 1 unspecified atom stereocenters. The van der Waals surface area contributed by atoms with E-state index in [1.807, 2.05) is 0 Å². The van der Waals surface area contributed by atoms with E-state index in [1.165, 1.54) is 29.5 Å². The van der Waals surface area contributed by atoms with Crippen LogP contribution in [0.25, 0.3) is 0 Å². The van der Waals surface area contributed by atoms with E-state index in [9.17, 15) is 0 Å². The van der Waals surface area contributed by atoms with Gasteiger partial charge in [0.15, 0.2) is 0 Å². The molecular formula is C12H16O. The van der Waals surface area contributed by atoms with Crippen LogP contribution in [0.3, 0.4) is 0 Å². The summed E-state index contributed by atoms with van der Waals surface area (Å²) in [4.78, 5) is 0. The summed E-state index contributed by atoms with van der Waals surface area (Å²) in [5.41, 5.74) is 4.08. The lowest BCUT2D eigenvalue weighted by Crippen LogP contribution is -1.98. The van der Waals surface area contributed by atoms with E-state index < -0.39 is 0 Å². The monoisotopic (exact) mass is 176 g/mol. The molecule has 1 heteroatoms. The van der Waals surface area contributed by atoms with Crippen molar-refractivity contribution in [3.05, 3.63) is 34.9 Å². The van der Waals surface area contributed by atoms with E-state index in [-0.39, 0.29) is 0 Å². The van der Waals surface area contributed by atoms with Crippen LogP contribution >= 0.6 is 0 Å². The predicted molar refractivity (Wildman–Crippen MR) is 53.8 cm³/mol. The largest absolute Gasteiger partial charge is 0.374 e. The van der Waals surface area contributed by atoms with Crippen LogP contribution in [0, 0.1) is 13.8 Å². The molecule has 0 aromatic heterocycles. The van der Waals surface area contributed by atoms with Crippen LogP contribution in [0.2, 0.25) is 0 Å². The van der Waals surface area contributed by atoms with Crippen LogP contribution in [0.4, 0.5) is 0 Å². The van der Waals surface area contributed by atoms with Crippen LogP contribution in [0.5, 0.6) is 0 Å². The van der Waals surface area contributed by atoms with Gasteiger partial charge < -0.3 is 4.74 Å². The summed E-state index contributed by atoms with van der Waals surface area (Å²) in [7, 11) is 0. The van der Waals surface area contributed by atoms with Crippen molar-refractivity contribution < 1.29 is 4.74 Å². The highest BCUT2D eigenvalue weighted by molar-refractivity contribution is 5.32. The van der Waals surface area contributed by atoms with Crippen molar-refractivity contribution in [1.29, 1.82) is 0 Å². The molecule has 1 heterocycles. The van der Waals surface area contributed by atoms with Crippen molar-refractivity contribution in [3.63, 3.8) is 0 Å². The van der Waals surface area contributed by atoms with Crippen molar-refractivity contribution in [3.8, 4) is 0 Å². The molecular weight excluding hydrogens is 160 g/mol. The van der Waals surface area contributed by atoms with Gasteiger partial charge in [-0.05, 0) is 37.8 Å². The highest BCUT2D eigenvalue weighted by atomic mass is 16.5. The Morgan fingerprint density at radius 1 is 1.31 bits per heavy atom. The minimum atomic E-state index is 0.362. The van der Waals surface area contributed by atoms with Gasteiger partial charge in [0.25, 0.3) is 0 Å². The molecule has 1 aliphatic heterocycles. The molecule has 1 saturated heterocycles. The molecule has 1 nitrogen and oxygen atoms in total. The van der Waals surface area contributed by atoms with Crippen LogP contribution in [0.15, 0.2) is 18.2 Å². The molecule has 0 radical (unpaired) electrons.